The summed E-state index contributed by atoms with van der Waals surface area (Å²) in [7, 11) is 0. The lowest BCUT2D eigenvalue weighted by Gasteiger charge is -2.23. The molecule has 1 unspecified atom stereocenters. The van der Waals surface area contributed by atoms with E-state index < -0.39 is 41.4 Å². The van der Waals surface area contributed by atoms with Crippen molar-refractivity contribution in [3.63, 3.8) is 0 Å². The van der Waals surface area contributed by atoms with E-state index >= 15 is 0 Å². The van der Waals surface area contributed by atoms with Gasteiger partial charge < -0.3 is 14.6 Å². The Kier molecular flexibility index (Phi) is 5.53. The molecule has 0 rings (SSSR count). The molecule has 0 radical (unpaired) electrons. The second-order valence-electron chi connectivity index (χ2n) is 6.21. The number of aliphatic carboxylic acids is 1. The number of hydrogen-bond donors (Lipinski definition) is 1. The minimum atomic E-state index is -1.55. The quantitative estimate of drug-likeness (QED) is 0.620. The molecule has 0 aliphatic heterocycles. The van der Waals surface area contributed by atoms with Gasteiger partial charge in [-0.3, -0.25) is 14.4 Å². The molecule has 110 valence electrons. The van der Waals surface area contributed by atoms with E-state index in [0.717, 1.165) is 0 Å². The summed E-state index contributed by atoms with van der Waals surface area (Å²) >= 11 is 0. The molecule has 0 bridgehead atoms. The lowest BCUT2D eigenvalue weighted by atomic mass is 10.1. The zero-order valence-corrected chi connectivity index (χ0v) is 12.3. The molecule has 0 aromatic carbocycles. The Hall–Kier alpha value is -1.59. The van der Waals surface area contributed by atoms with Gasteiger partial charge in [-0.1, -0.05) is 0 Å². The van der Waals surface area contributed by atoms with Crippen LogP contribution in [0.1, 0.15) is 48.0 Å². The van der Waals surface area contributed by atoms with E-state index in [2.05, 4.69) is 0 Å². The highest BCUT2D eigenvalue weighted by atomic mass is 16.6. The van der Waals surface area contributed by atoms with Crippen LogP contribution < -0.4 is 0 Å². The summed E-state index contributed by atoms with van der Waals surface area (Å²) in [6.45, 7) is 9.85. The van der Waals surface area contributed by atoms with Gasteiger partial charge in [0.05, 0.1) is 6.42 Å². The first kappa shape index (κ1) is 17.4. The molecule has 0 aliphatic rings. The van der Waals surface area contributed by atoms with Crippen LogP contribution in [0.25, 0.3) is 0 Å². The van der Waals surface area contributed by atoms with Crippen molar-refractivity contribution in [3.05, 3.63) is 0 Å². The molecule has 19 heavy (non-hydrogen) atoms. The first-order chi connectivity index (χ1) is 8.32. The van der Waals surface area contributed by atoms with Gasteiger partial charge in [0, 0.05) is 0 Å². The molecule has 0 saturated carbocycles. The molecule has 0 aromatic heterocycles. The van der Waals surface area contributed by atoms with Crippen LogP contribution in [0.4, 0.5) is 0 Å². The third-order valence-corrected chi connectivity index (χ3v) is 1.78. The summed E-state index contributed by atoms with van der Waals surface area (Å²) in [5.41, 5.74) is -1.53. The normalized spacial score (nSPS) is 13.6. The van der Waals surface area contributed by atoms with E-state index in [-0.39, 0.29) is 0 Å². The van der Waals surface area contributed by atoms with Crippen LogP contribution in [0.5, 0.6) is 0 Å². The topological polar surface area (TPSA) is 89.9 Å². The SMILES string of the molecule is CC(C)(C)OC(=O)CC(C(=O)O)C(=O)OC(C)(C)C. The fraction of sp³-hybridized carbons (Fsp3) is 0.769. The zero-order chi connectivity index (χ0) is 15.4. The first-order valence-corrected chi connectivity index (χ1v) is 5.99. The second kappa shape index (κ2) is 6.04. The van der Waals surface area contributed by atoms with Gasteiger partial charge in [0.2, 0.25) is 0 Å². The standard InChI is InChI=1S/C13H22O6/c1-12(2,3)18-9(14)7-8(10(15)16)11(17)19-13(4,5)6/h8H,7H2,1-6H3,(H,15,16). The molecule has 1 atom stereocenters. The minimum absolute atomic E-state index is 0.540. The molecule has 0 heterocycles. The van der Waals surface area contributed by atoms with Crippen molar-refractivity contribution in [1.82, 2.24) is 0 Å². The van der Waals surface area contributed by atoms with Crippen LogP contribution in [0.3, 0.4) is 0 Å². The number of carboxylic acid groups (broad SMARTS) is 1. The summed E-state index contributed by atoms with van der Waals surface area (Å²) in [5, 5.41) is 8.98. The number of hydrogen-bond acceptors (Lipinski definition) is 5. The molecule has 0 saturated heterocycles. The van der Waals surface area contributed by atoms with E-state index in [4.69, 9.17) is 14.6 Å². The third-order valence-electron chi connectivity index (χ3n) is 1.78. The fourth-order valence-corrected chi connectivity index (χ4v) is 1.19. The molecule has 0 fully saturated rings. The number of carbonyl (C=O) groups excluding carboxylic acids is 2. The Bertz CT molecular complexity index is 358. The highest BCUT2D eigenvalue weighted by molar-refractivity contribution is 5.97. The van der Waals surface area contributed by atoms with Crippen molar-refractivity contribution < 1.29 is 29.0 Å². The molecule has 0 aliphatic carbocycles. The first-order valence-electron chi connectivity index (χ1n) is 5.99. The van der Waals surface area contributed by atoms with Crippen LogP contribution in [-0.2, 0) is 23.9 Å². The smallest absolute Gasteiger partial charge is 0.321 e. The van der Waals surface area contributed by atoms with Crippen LogP contribution >= 0.6 is 0 Å². The van der Waals surface area contributed by atoms with Gasteiger partial charge in [-0.15, -0.1) is 0 Å². The lowest BCUT2D eigenvalue weighted by molar-refractivity contribution is -0.173. The van der Waals surface area contributed by atoms with Crippen molar-refractivity contribution in [2.24, 2.45) is 5.92 Å². The van der Waals surface area contributed by atoms with Crippen molar-refractivity contribution >= 4 is 17.9 Å². The molecule has 0 aromatic rings. The Labute approximate surface area is 113 Å². The van der Waals surface area contributed by atoms with Crippen LogP contribution in [0.2, 0.25) is 0 Å². The van der Waals surface area contributed by atoms with Crippen molar-refractivity contribution in [1.29, 1.82) is 0 Å². The third kappa shape index (κ3) is 8.18. The Morgan fingerprint density at radius 3 is 1.68 bits per heavy atom. The Morgan fingerprint density at radius 1 is 0.947 bits per heavy atom. The maximum absolute atomic E-state index is 11.7. The number of carboxylic acids is 1. The average Bonchev–Trinajstić information content (AvgIpc) is 2.07. The van der Waals surface area contributed by atoms with Gasteiger partial charge >= 0.3 is 17.9 Å². The van der Waals surface area contributed by atoms with Crippen LogP contribution in [0, 0.1) is 5.92 Å². The molecule has 1 N–H and O–H groups in total. The predicted molar refractivity (Wildman–Crippen MR) is 67.4 cm³/mol. The van der Waals surface area contributed by atoms with Gasteiger partial charge in [-0.05, 0) is 41.5 Å². The number of carbonyl (C=O) groups is 3. The number of esters is 2. The highest BCUT2D eigenvalue weighted by Crippen LogP contribution is 2.17. The van der Waals surface area contributed by atoms with Gasteiger partial charge in [-0.2, -0.15) is 0 Å². The maximum atomic E-state index is 11.7. The zero-order valence-electron chi connectivity index (χ0n) is 12.3. The highest BCUT2D eigenvalue weighted by Gasteiger charge is 2.34. The van der Waals surface area contributed by atoms with E-state index in [0.29, 0.717) is 0 Å². The molecule has 6 nitrogen and oxygen atoms in total. The van der Waals surface area contributed by atoms with E-state index in [1.165, 1.54) is 0 Å². The summed E-state index contributed by atoms with van der Waals surface area (Å²) in [6.07, 6.45) is -0.540. The Balaban J connectivity index is 4.72. The van der Waals surface area contributed by atoms with Gasteiger partial charge in [-0.25, -0.2) is 0 Å². The van der Waals surface area contributed by atoms with Gasteiger partial charge in [0.1, 0.15) is 11.2 Å². The number of rotatable bonds is 4. The predicted octanol–water partition coefficient (Wildman–Crippen LogP) is 1.76. The van der Waals surface area contributed by atoms with Gasteiger partial charge in [0.25, 0.3) is 0 Å². The van der Waals surface area contributed by atoms with E-state index in [9.17, 15) is 14.4 Å². The van der Waals surface area contributed by atoms with E-state index in [1.807, 2.05) is 0 Å². The van der Waals surface area contributed by atoms with Crippen molar-refractivity contribution in [2.45, 2.75) is 59.2 Å². The summed E-state index contributed by atoms with van der Waals surface area (Å²) in [6, 6.07) is 0. The van der Waals surface area contributed by atoms with Crippen molar-refractivity contribution in [3.8, 4) is 0 Å². The van der Waals surface area contributed by atoms with E-state index in [1.54, 1.807) is 41.5 Å². The van der Waals surface area contributed by atoms with Crippen molar-refractivity contribution in [2.75, 3.05) is 0 Å². The van der Waals surface area contributed by atoms with Crippen LogP contribution in [-0.4, -0.2) is 34.2 Å². The monoisotopic (exact) mass is 274 g/mol. The lowest BCUT2D eigenvalue weighted by Crippen LogP contribution is -2.35. The molecule has 0 spiro atoms. The second-order valence-corrected chi connectivity index (χ2v) is 6.21. The molecule has 0 amide bonds. The molecule has 6 heteroatoms. The summed E-state index contributed by atoms with van der Waals surface area (Å²) in [4.78, 5) is 34.3. The molecular formula is C13H22O6. The number of ether oxygens (including phenoxy) is 2. The van der Waals surface area contributed by atoms with Crippen LogP contribution in [0.15, 0.2) is 0 Å². The van der Waals surface area contributed by atoms with Gasteiger partial charge in [0.15, 0.2) is 5.92 Å². The fourth-order valence-electron chi connectivity index (χ4n) is 1.19. The summed E-state index contributed by atoms with van der Waals surface area (Å²) < 4.78 is 9.95. The average molecular weight is 274 g/mol. The Morgan fingerprint density at radius 2 is 1.37 bits per heavy atom. The minimum Gasteiger partial charge on any atom is -0.481 e. The maximum Gasteiger partial charge on any atom is 0.321 e. The molecular weight excluding hydrogens is 252 g/mol. The summed E-state index contributed by atoms with van der Waals surface area (Å²) in [5.74, 6) is -4.63. The largest absolute Gasteiger partial charge is 0.481 e.